The number of nitrogens with one attached hydrogen (secondary N) is 1. The number of rotatable bonds is 1. The molecule has 1 aromatic heterocycles. The van der Waals surface area contributed by atoms with Crippen LogP contribution in [0.2, 0.25) is 0 Å². The lowest BCUT2D eigenvalue weighted by molar-refractivity contribution is 0.533. The van der Waals surface area contributed by atoms with Gasteiger partial charge < -0.3 is 10.2 Å². The van der Waals surface area contributed by atoms with Crippen LogP contribution in [0.25, 0.3) is 10.9 Å². The average Bonchev–Trinajstić information content (AvgIpc) is 2.99. The molecule has 2 saturated heterocycles. The van der Waals surface area contributed by atoms with Crippen molar-refractivity contribution in [3.8, 4) is 0 Å². The summed E-state index contributed by atoms with van der Waals surface area (Å²) in [6.45, 7) is 4.62. The smallest absolute Gasteiger partial charge is 0.0950 e. The number of hydrogen-bond acceptors (Lipinski definition) is 4. The van der Waals surface area contributed by atoms with Gasteiger partial charge in [0.1, 0.15) is 0 Å². The molecule has 4 heteroatoms. The highest BCUT2D eigenvalue weighted by Crippen LogP contribution is 2.33. The number of nitrogens with zero attached hydrogens (tertiary/aromatic N) is 3. The van der Waals surface area contributed by atoms with E-state index in [2.05, 4.69) is 32.5 Å². The van der Waals surface area contributed by atoms with Crippen LogP contribution in [0, 0.1) is 11.8 Å². The zero-order valence-electron chi connectivity index (χ0n) is 10.2. The Balaban J connectivity index is 1.75. The minimum atomic E-state index is 0.803. The topological polar surface area (TPSA) is 41.0 Å². The largest absolute Gasteiger partial charge is 0.369 e. The van der Waals surface area contributed by atoms with Crippen LogP contribution >= 0.6 is 0 Å². The average molecular weight is 240 g/mol. The molecule has 0 spiro atoms. The maximum Gasteiger partial charge on any atom is 0.0950 e. The van der Waals surface area contributed by atoms with Crippen LogP contribution < -0.4 is 10.2 Å². The van der Waals surface area contributed by atoms with Gasteiger partial charge in [-0.3, -0.25) is 0 Å². The van der Waals surface area contributed by atoms with Crippen LogP contribution in [0.4, 0.5) is 5.69 Å². The first-order valence-corrected chi connectivity index (χ1v) is 6.58. The van der Waals surface area contributed by atoms with E-state index in [9.17, 15) is 0 Å². The van der Waals surface area contributed by atoms with Crippen molar-refractivity contribution in [3.63, 3.8) is 0 Å². The molecule has 4 nitrogen and oxygen atoms in total. The molecule has 92 valence electrons. The molecular weight excluding hydrogens is 224 g/mol. The molecule has 0 amide bonds. The number of benzene rings is 1. The van der Waals surface area contributed by atoms with Crippen LogP contribution in [-0.2, 0) is 0 Å². The summed E-state index contributed by atoms with van der Waals surface area (Å²) < 4.78 is 0. The molecule has 0 aliphatic carbocycles. The van der Waals surface area contributed by atoms with Crippen molar-refractivity contribution in [3.05, 3.63) is 30.5 Å². The van der Waals surface area contributed by atoms with Gasteiger partial charge in [0.25, 0.3) is 0 Å². The summed E-state index contributed by atoms with van der Waals surface area (Å²) in [5, 5.41) is 13.0. The molecule has 0 saturated carbocycles. The SMILES string of the molecule is c1ccc2c(N3CC4CNCC4C3)cnnc2c1. The number of anilines is 1. The molecule has 2 unspecified atom stereocenters. The minimum Gasteiger partial charge on any atom is -0.369 e. The summed E-state index contributed by atoms with van der Waals surface area (Å²) >= 11 is 0. The summed E-state index contributed by atoms with van der Waals surface area (Å²) in [6.07, 6.45) is 1.91. The monoisotopic (exact) mass is 240 g/mol. The molecular formula is C14H16N4. The normalized spacial score (nSPS) is 26.8. The Morgan fingerprint density at radius 2 is 1.89 bits per heavy atom. The Bertz CT molecular complexity index is 566. The highest BCUT2D eigenvalue weighted by Gasteiger charge is 2.36. The standard InChI is InChI=1S/C14H16N4/c1-2-4-13-12(3-1)14(7-16-17-13)18-8-10-5-15-6-11(10)9-18/h1-4,7,10-11,15H,5-6,8-9H2. The summed E-state index contributed by atoms with van der Waals surface area (Å²) in [5.74, 6) is 1.61. The second-order valence-corrected chi connectivity index (χ2v) is 5.33. The lowest BCUT2D eigenvalue weighted by Crippen LogP contribution is -2.25. The lowest BCUT2D eigenvalue weighted by atomic mass is 10.0. The molecule has 2 aliphatic rings. The second kappa shape index (κ2) is 3.92. The van der Waals surface area contributed by atoms with Gasteiger partial charge in [-0.1, -0.05) is 18.2 Å². The highest BCUT2D eigenvalue weighted by molar-refractivity contribution is 5.90. The first kappa shape index (κ1) is 10.3. The number of aromatic nitrogens is 2. The fourth-order valence-corrected chi connectivity index (χ4v) is 3.30. The van der Waals surface area contributed by atoms with Crippen LogP contribution in [0.5, 0.6) is 0 Å². The first-order chi connectivity index (χ1) is 8.92. The van der Waals surface area contributed by atoms with E-state index in [0.29, 0.717) is 0 Å². The van der Waals surface area contributed by atoms with Gasteiger partial charge in [-0.05, 0) is 17.9 Å². The third-order valence-electron chi connectivity index (χ3n) is 4.26. The van der Waals surface area contributed by atoms with Crippen molar-refractivity contribution in [2.75, 3.05) is 31.1 Å². The van der Waals surface area contributed by atoms with Crippen molar-refractivity contribution >= 4 is 16.6 Å². The van der Waals surface area contributed by atoms with E-state index in [1.807, 2.05) is 18.3 Å². The zero-order chi connectivity index (χ0) is 11.9. The van der Waals surface area contributed by atoms with E-state index >= 15 is 0 Å². The number of hydrogen-bond donors (Lipinski definition) is 1. The van der Waals surface area contributed by atoms with E-state index in [0.717, 1.165) is 43.5 Å². The Morgan fingerprint density at radius 3 is 2.72 bits per heavy atom. The molecule has 4 rings (SSSR count). The predicted octanol–water partition coefficient (Wildman–Crippen LogP) is 1.29. The molecule has 0 radical (unpaired) electrons. The maximum absolute atomic E-state index is 4.20. The van der Waals surface area contributed by atoms with Crippen LogP contribution in [-0.4, -0.2) is 36.4 Å². The van der Waals surface area contributed by atoms with E-state index in [1.54, 1.807) is 0 Å². The summed E-state index contributed by atoms with van der Waals surface area (Å²) in [4.78, 5) is 2.48. The van der Waals surface area contributed by atoms with E-state index < -0.39 is 0 Å². The molecule has 2 fully saturated rings. The summed E-state index contributed by atoms with van der Waals surface area (Å²) in [5.41, 5.74) is 2.24. The van der Waals surface area contributed by atoms with Gasteiger partial charge >= 0.3 is 0 Å². The van der Waals surface area contributed by atoms with Crippen LogP contribution in [0.3, 0.4) is 0 Å². The fraction of sp³-hybridized carbons (Fsp3) is 0.429. The van der Waals surface area contributed by atoms with Crippen molar-refractivity contribution in [2.45, 2.75) is 0 Å². The third-order valence-corrected chi connectivity index (χ3v) is 4.26. The van der Waals surface area contributed by atoms with Gasteiger partial charge in [0.15, 0.2) is 0 Å². The Hall–Kier alpha value is -1.68. The third kappa shape index (κ3) is 1.49. The van der Waals surface area contributed by atoms with Crippen molar-refractivity contribution in [2.24, 2.45) is 11.8 Å². The molecule has 1 aromatic carbocycles. The van der Waals surface area contributed by atoms with Crippen molar-refractivity contribution in [1.82, 2.24) is 15.5 Å². The Morgan fingerprint density at radius 1 is 1.11 bits per heavy atom. The number of fused-ring (bicyclic) bond motifs is 2. The van der Waals surface area contributed by atoms with Crippen LogP contribution in [0.1, 0.15) is 0 Å². The minimum absolute atomic E-state index is 0.803. The van der Waals surface area contributed by atoms with E-state index in [1.165, 1.54) is 11.1 Å². The van der Waals surface area contributed by atoms with Gasteiger partial charge in [0, 0.05) is 31.6 Å². The van der Waals surface area contributed by atoms with Crippen molar-refractivity contribution in [1.29, 1.82) is 0 Å². The molecule has 1 N–H and O–H groups in total. The molecule has 0 bridgehead atoms. The molecule has 3 heterocycles. The highest BCUT2D eigenvalue weighted by atomic mass is 15.2. The maximum atomic E-state index is 4.20. The summed E-state index contributed by atoms with van der Waals surface area (Å²) in [7, 11) is 0. The molecule has 18 heavy (non-hydrogen) atoms. The van der Waals surface area contributed by atoms with Gasteiger partial charge in [0.2, 0.25) is 0 Å². The van der Waals surface area contributed by atoms with Crippen LogP contribution in [0.15, 0.2) is 30.5 Å². The second-order valence-electron chi connectivity index (χ2n) is 5.33. The molecule has 2 atom stereocenters. The lowest BCUT2D eigenvalue weighted by Gasteiger charge is -2.20. The zero-order valence-corrected chi connectivity index (χ0v) is 10.2. The van der Waals surface area contributed by atoms with E-state index in [4.69, 9.17) is 0 Å². The summed E-state index contributed by atoms with van der Waals surface area (Å²) in [6, 6.07) is 8.27. The van der Waals surface area contributed by atoms with E-state index in [-0.39, 0.29) is 0 Å². The quantitative estimate of drug-likeness (QED) is 0.815. The molecule has 2 aliphatic heterocycles. The van der Waals surface area contributed by atoms with Gasteiger partial charge in [-0.2, -0.15) is 10.2 Å². The first-order valence-electron chi connectivity index (χ1n) is 6.58. The van der Waals surface area contributed by atoms with Gasteiger partial charge in [-0.25, -0.2) is 0 Å². The Labute approximate surface area is 106 Å². The Kier molecular flexibility index (Phi) is 2.23. The van der Waals surface area contributed by atoms with Crippen molar-refractivity contribution < 1.29 is 0 Å². The fourth-order valence-electron chi connectivity index (χ4n) is 3.30. The molecule has 2 aromatic rings. The van der Waals surface area contributed by atoms with Gasteiger partial charge in [-0.15, -0.1) is 0 Å². The van der Waals surface area contributed by atoms with Gasteiger partial charge in [0.05, 0.1) is 17.4 Å². The predicted molar refractivity (Wildman–Crippen MR) is 71.6 cm³/mol.